The molecule has 0 saturated carbocycles. The number of aliphatic hydroxyl groups is 5. The van der Waals surface area contributed by atoms with E-state index in [0.29, 0.717) is 17.3 Å². The summed E-state index contributed by atoms with van der Waals surface area (Å²) in [7, 11) is 3.55. The number of nitrogens with zero attached hydrogens (tertiary/aromatic N) is 2. The molecule has 59 heavy (non-hydrogen) atoms. The minimum atomic E-state index is -3.18. The molecule has 0 bridgehead atoms. The van der Waals surface area contributed by atoms with Gasteiger partial charge in [-0.25, -0.2) is 9.59 Å². The van der Waals surface area contributed by atoms with E-state index in [2.05, 4.69) is 10.3 Å². The number of pyridine rings is 1. The summed E-state index contributed by atoms with van der Waals surface area (Å²) >= 11 is 0. The average Bonchev–Trinajstić information content (AvgIpc) is 3.53. The summed E-state index contributed by atoms with van der Waals surface area (Å²) in [6, 6.07) is 7.38. The Hall–Kier alpha value is -3.65. The van der Waals surface area contributed by atoms with Crippen molar-refractivity contribution < 1.29 is 68.4 Å². The van der Waals surface area contributed by atoms with Gasteiger partial charge < -0.3 is 59.4 Å². The van der Waals surface area contributed by atoms with Crippen molar-refractivity contribution in [3.8, 4) is 0 Å². The van der Waals surface area contributed by atoms with Crippen molar-refractivity contribution >= 4 is 34.5 Å². The molecule has 3 aliphatic heterocycles. The second-order valence-corrected chi connectivity index (χ2v) is 17.2. The number of likely N-dealkylation sites (N-methyl/N-ethyl adjacent to an activating group) is 1. The van der Waals surface area contributed by atoms with Crippen molar-refractivity contribution in [1.82, 2.24) is 15.2 Å². The number of hydrogen-bond donors (Lipinski definition) is 6. The molecular weight excluding hydrogens is 770 g/mol. The molecule has 15 atom stereocenters. The third-order valence-electron chi connectivity index (χ3n) is 12.5. The summed E-state index contributed by atoms with van der Waals surface area (Å²) < 4.78 is 30.6. The number of carbonyl (C=O) groups excluding carboxylic acids is 4. The predicted octanol–water partition coefficient (Wildman–Crippen LogP) is 1.58. The van der Waals surface area contributed by atoms with Crippen LogP contribution in [0.2, 0.25) is 0 Å². The summed E-state index contributed by atoms with van der Waals surface area (Å²) in [5.41, 5.74) is -5.69. The summed E-state index contributed by atoms with van der Waals surface area (Å²) in [6.45, 7) is 8.92. The number of amides is 1. The molecule has 17 heteroatoms. The maximum absolute atomic E-state index is 14.6. The van der Waals surface area contributed by atoms with Crippen molar-refractivity contribution in [1.29, 1.82) is 0 Å². The SMILES string of the molecule is CC[C@H]1OC(=O)C(O)(CO)C(=O)[C@H](C)[C@@H](O[C@@H]2O[C@H](C)C[C@H](N(C)C)[C@H]2O)[C@@](C)(OCC(O)C(O)c2cnc3ccccc3c2)C[C@@H](C)C(=O)[C@H](C)[C@H]2NC(=O)O[C@@]21C. The number of cyclic esters (lactones) is 1. The number of hydrogen-bond acceptors (Lipinski definition) is 16. The van der Waals surface area contributed by atoms with E-state index in [9.17, 15) is 44.7 Å². The van der Waals surface area contributed by atoms with E-state index in [1.54, 1.807) is 64.9 Å². The highest BCUT2D eigenvalue weighted by Crippen LogP contribution is 2.41. The van der Waals surface area contributed by atoms with E-state index < -0.39 is 121 Å². The summed E-state index contributed by atoms with van der Waals surface area (Å²) in [5, 5.41) is 60.2. The first-order valence-corrected chi connectivity index (χ1v) is 20.2. The number of nitrogens with one attached hydrogen (secondary N) is 1. The fourth-order valence-corrected chi connectivity index (χ4v) is 9.05. The third kappa shape index (κ3) is 9.18. The van der Waals surface area contributed by atoms with E-state index in [1.165, 1.54) is 27.0 Å². The topological polar surface area (TPSA) is 244 Å². The maximum atomic E-state index is 14.6. The predicted molar refractivity (Wildman–Crippen MR) is 211 cm³/mol. The molecule has 6 N–H and O–H groups in total. The first kappa shape index (κ1) is 46.4. The lowest BCUT2D eigenvalue weighted by Gasteiger charge is -2.48. The highest BCUT2D eigenvalue weighted by molar-refractivity contribution is 6.08. The van der Waals surface area contributed by atoms with Gasteiger partial charge in [0, 0.05) is 40.9 Å². The van der Waals surface area contributed by atoms with Gasteiger partial charge in [-0.1, -0.05) is 45.9 Å². The van der Waals surface area contributed by atoms with Gasteiger partial charge in [0.05, 0.1) is 42.6 Å². The second kappa shape index (κ2) is 18.1. The van der Waals surface area contributed by atoms with Gasteiger partial charge in [0.2, 0.25) is 5.60 Å². The summed E-state index contributed by atoms with van der Waals surface area (Å²) in [5.74, 6) is -6.62. The average molecular weight is 832 g/mol. The van der Waals surface area contributed by atoms with E-state index in [4.69, 9.17) is 23.7 Å². The van der Waals surface area contributed by atoms with Gasteiger partial charge in [0.1, 0.15) is 30.2 Å². The van der Waals surface area contributed by atoms with E-state index in [-0.39, 0.29) is 24.2 Å². The lowest BCUT2D eigenvalue weighted by atomic mass is 9.73. The molecule has 1 aromatic heterocycles. The second-order valence-electron chi connectivity index (χ2n) is 17.2. The lowest BCUT2D eigenvalue weighted by Crippen LogP contribution is -2.63. The zero-order chi connectivity index (χ0) is 43.8. The Labute approximate surface area is 344 Å². The molecule has 3 fully saturated rings. The molecule has 2 aromatic rings. The Balaban J connectivity index is 1.61. The van der Waals surface area contributed by atoms with Crippen LogP contribution in [-0.2, 0) is 38.1 Å². The molecule has 0 aliphatic carbocycles. The van der Waals surface area contributed by atoms with Gasteiger partial charge in [0.25, 0.3) is 0 Å². The van der Waals surface area contributed by atoms with Crippen LogP contribution in [0.4, 0.5) is 4.79 Å². The van der Waals surface area contributed by atoms with Crippen molar-refractivity contribution in [2.45, 2.75) is 140 Å². The quantitative estimate of drug-likeness (QED) is 0.147. The first-order chi connectivity index (χ1) is 27.6. The number of esters is 1. The number of benzene rings is 1. The highest BCUT2D eigenvalue weighted by atomic mass is 16.7. The molecule has 0 radical (unpaired) electrons. The van der Waals surface area contributed by atoms with Gasteiger partial charge in [-0.05, 0) is 66.3 Å². The zero-order valence-electron chi connectivity index (χ0n) is 35.2. The minimum Gasteiger partial charge on any atom is -0.455 e. The number of carbonyl (C=O) groups is 4. The number of Topliss-reactive ketones (excluding diaryl/α,β-unsaturated/α-hetero) is 2. The van der Waals surface area contributed by atoms with Crippen LogP contribution in [0.3, 0.4) is 0 Å². The van der Waals surface area contributed by atoms with Crippen molar-refractivity contribution in [2.75, 3.05) is 27.3 Å². The molecular formula is C42H61N3O14. The minimum absolute atomic E-state index is 0.0264. The van der Waals surface area contributed by atoms with Crippen molar-refractivity contribution in [2.24, 2.45) is 17.8 Å². The van der Waals surface area contributed by atoms with E-state index >= 15 is 0 Å². The molecule has 3 unspecified atom stereocenters. The summed E-state index contributed by atoms with van der Waals surface area (Å²) in [6.07, 6.45) is -8.35. The van der Waals surface area contributed by atoms with Crippen molar-refractivity contribution in [3.63, 3.8) is 0 Å². The molecule has 0 spiro atoms. The van der Waals surface area contributed by atoms with Gasteiger partial charge >= 0.3 is 12.1 Å². The number of alkyl carbamates (subject to hydrolysis) is 1. The van der Waals surface area contributed by atoms with Crippen molar-refractivity contribution in [3.05, 3.63) is 42.1 Å². The number of aromatic nitrogens is 1. The standard InChI is InChI=1S/C42H61N3O14/c1-10-30-41(7)34(44-39(53)59-41)23(4)31(48)21(2)17-40(6,55-19-29(47)32(49)26-16-25-13-11-12-14-27(25)43-18-26)36(24(5)35(51)42(54,20-46)38(52)57-30)58-37-33(50)28(45(8)9)15-22(3)56-37/h11-14,16,18,21-24,28-30,32-34,36-37,46-47,49-50,54H,10,15,17,19-20H2,1-9H3,(H,44,53)/t21-,22-,23+,24+,28+,29?,30-,32?,33-,34-,36-,37+,40+,41-,42?/m1/s1. The molecule has 17 nitrogen and oxygen atoms in total. The zero-order valence-corrected chi connectivity index (χ0v) is 35.2. The lowest BCUT2D eigenvalue weighted by molar-refractivity contribution is -0.300. The maximum Gasteiger partial charge on any atom is 0.408 e. The van der Waals surface area contributed by atoms with Gasteiger partial charge in [-0.2, -0.15) is 0 Å². The van der Waals surface area contributed by atoms with Crippen LogP contribution in [0, 0.1) is 17.8 Å². The van der Waals surface area contributed by atoms with E-state index in [1.807, 2.05) is 12.1 Å². The normalized spacial score (nSPS) is 38.6. The number of fused-ring (bicyclic) bond motifs is 2. The van der Waals surface area contributed by atoms with Crippen LogP contribution in [0.5, 0.6) is 0 Å². The molecule has 328 valence electrons. The number of aliphatic hydroxyl groups excluding tert-OH is 4. The van der Waals surface area contributed by atoms with Crippen LogP contribution < -0.4 is 5.32 Å². The largest absolute Gasteiger partial charge is 0.455 e. The van der Waals surface area contributed by atoms with Crippen LogP contribution in [0.1, 0.15) is 79.4 Å². The Morgan fingerprint density at radius 1 is 1.05 bits per heavy atom. The number of para-hydroxylation sites is 1. The monoisotopic (exact) mass is 831 g/mol. The number of rotatable bonds is 10. The Bertz CT molecular complexity index is 1850. The highest BCUT2D eigenvalue weighted by Gasteiger charge is 2.60. The molecule has 3 saturated heterocycles. The number of ketones is 2. The molecule has 4 heterocycles. The third-order valence-corrected chi connectivity index (χ3v) is 12.5. The van der Waals surface area contributed by atoms with Gasteiger partial charge in [-0.15, -0.1) is 0 Å². The molecule has 5 rings (SSSR count). The molecule has 1 aromatic carbocycles. The fourth-order valence-electron chi connectivity index (χ4n) is 9.05. The molecule has 3 aliphatic rings. The smallest absolute Gasteiger partial charge is 0.408 e. The van der Waals surface area contributed by atoms with Crippen LogP contribution in [0.25, 0.3) is 10.9 Å². The molecule has 1 amide bonds. The first-order valence-electron chi connectivity index (χ1n) is 20.2. The fraction of sp³-hybridized carbons (Fsp3) is 0.690. The number of ether oxygens (including phenoxy) is 5. The Morgan fingerprint density at radius 3 is 2.37 bits per heavy atom. The Morgan fingerprint density at radius 2 is 1.73 bits per heavy atom. The van der Waals surface area contributed by atoms with E-state index in [0.717, 1.165) is 0 Å². The van der Waals surface area contributed by atoms with Gasteiger partial charge in [0.15, 0.2) is 17.7 Å². The van der Waals surface area contributed by atoms with Crippen LogP contribution in [0.15, 0.2) is 36.5 Å². The Kier molecular flexibility index (Phi) is 14.3. The van der Waals surface area contributed by atoms with Crippen LogP contribution in [-0.4, -0.2) is 152 Å². The van der Waals surface area contributed by atoms with Gasteiger partial charge in [-0.3, -0.25) is 14.6 Å². The van der Waals surface area contributed by atoms with Crippen LogP contribution >= 0.6 is 0 Å². The summed E-state index contributed by atoms with van der Waals surface area (Å²) in [4.78, 5) is 62.0.